The Labute approximate surface area is 79.5 Å². The third-order valence-corrected chi connectivity index (χ3v) is 2.40. The molecule has 0 radical (unpaired) electrons. The minimum atomic E-state index is -4.99. The predicted molar refractivity (Wildman–Crippen MR) is 47.7 cm³/mol. The average Bonchev–Trinajstić information content (AvgIpc) is 2.15. The summed E-state index contributed by atoms with van der Waals surface area (Å²) in [6.45, 7) is 0. The predicted octanol–water partition coefficient (Wildman–Crippen LogP) is 1.34. The second kappa shape index (κ2) is 4.00. The van der Waals surface area contributed by atoms with Gasteiger partial charge in [0.15, 0.2) is 0 Å². The fourth-order valence-corrected chi connectivity index (χ4v) is 1.35. The Kier molecular flexibility index (Phi) is 3.16. The van der Waals surface area contributed by atoms with Gasteiger partial charge >= 0.3 is 7.60 Å². The molecule has 0 fully saturated rings. The van der Waals surface area contributed by atoms with E-state index in [9.17, 15) is 13.8 Å². The number of benzene rings is 1. The summed E-state index contributed by atoms with van der Waals surface area (Å²) in [5, 5.41) is 0. The number of halogens is 1. The van der Waals surface area contributed by atoms with Gasteiger partial charge < -0.3 is 9.79 Å². The van der Waals surface area contributed by atoms with Crippen LogP contribution >= 0.6 is 7.60 Å². The van der Waals surface area contributed by atoms with Gasteiger partial charge in [-0.1, -0.05) is 30.3 Å². The SMILES string of the molecule is O=C(c1ccccc1)C(F)P(=O)(O)O. The normalized spacial score (nSPS) is 13.6. The van der Waals surface area contributed by atoms with Crippen molar-refractivity contribution in [2.45, 2.75) is 5.91 Å². The highest BCUT2D eigenvalue weighted by Gasteiger charge is 2.35. The Morgan fingerprint density at radius 2 is 1.79 bits per heavy atom. The minimum Gasteiger partial charge on any atom is -0.322 e. The summed E-state index contributed by atoms with van der Waals surface area (Å²) in [4.78, 5) is 28.0. The van der Waals surface area contributed by atoms with E-state index in [0.717, 1.165) is 0 Å². The van der Waals surface area contributed by atoms with Gasteiger partial charge in [0.2, 0.25) is 5.78 Å². The van der Waals surface area contributed by atoms with Crippen LogP contribution in [0.3, 0.4) is 0 Å². The molecule has 0 saturated heterocycles. The Morgan fingerprint density at radius 1 is 1.29 bits per heavy atom. The second-order valence-electron chi connectivity index (χ2n) is 2.66. The Bertz CT molecular complexity index is 372. The Hall–Kier alpha value is -1.03. The van der Waals surface area contributed by atoms with Gasteiger partial charge in [-0.25, -0.2) is 4.39 Å². The van der Waals surface area contributed by atoms with E-state index in [1.165, 1.54) is 24.3 Å². The van der Waals surface area contributed by atoms with Crippen LogP contribution in [0.15, 0.2) is 30.3 Å². The number of carbonyl (C=O) groups excluding carboxylic acids is 1. The van der Waals surface area contributed by atoms with Crippen molar-refractivity contribution in [2.24, 2.45) is 0 Å². The summed E-state index contributed by atoms with van der Waals surface area (Å²) >= 11 is 0. The molecule has 0 amide bonds. The van der Waals surface area contributed by atoms with Crippen molar-refractivity contribution in [3.8, 4) is 0 Å². The first-order chi connectivity index (χ1) is 6.43. The summed E-state index contributed by atoms with van der Waals surface area (Å²) in [6, 6.07) is 7.18. The first-order valence-corrected chi connectivity index (χ1v) is 5.39. The van der Waals surface area contributed by atoms with Gasteiger partial charge in [-0.3, -0.25) is 9.36 Å². The summed E-state index contributed by atoms with van der Waals surface area (Å²) in [5.74, 6) is -3.97. The fraction of sp³-hybridized carbons (Fsp3) is 0.125. The molecule has 0 aliphatic heterocycles. The topological polar surface area (TPSA) is 74.6 Å². The van der Waals surface area contributed by atoms with Crippen LogP contribution in [0, 0.1) is 0 Å². The molecule has 1 unspecified atom stereocenters. The van der Waals surface area contributed by atoms with Gasteiger partial charge in [-0.05, 0) is 0 Å². The zero-order chi connectivity index (χ0) is 10.8. The standard InChI is InChI=1S/C8H8FO4P/c9-8(14(11,12)13)7(10)6-4-2-1-3-5-6/h1-5,8H,(H2,11,12,13). The third kappa shape index (κ3) is 2.48. The molecule has 1 rings (SSSR count). The lowest BCUT2D eigenvalue weighted by atomic mass is 10.1. The van der Waals surface area contributed by atoms with Crippen LogP contribution in [0.25, 0.3) is 0 Å². The molecule has 14 heavy (non-hydrogen) atoms. The van der Waals surface area contributed by atoms with E-state index in [-0.39, 0.29) is 5.56 Å². The van der Waals surface area contributed by atoms with E-state index < -0.39 is 19.3 Å². The second-order valence-corrected chi connectivity index (χ2v) is 4.29. The van der Waals surface area contributed by atoms with E-state index >= 15 is 0 Å². The molecule has 0 aliphatic carbocycles. The summed E-state index contributed by atoms with van der Waals surface area (Å²) < 4.78 is 23.3. The van der Waals surface area contributed by atoms with E-state index in [4.69, 9.17) is 9.79 Å². The zero-order valence-electron chi connectivity index (χ0n) is 7.00. The number of carbonyl (C=O) groups is 1. The highest BCUT2D eigenvalue weighted by Crippen LogP contribution is 2.43. The molecule has 4 nitrogen and oxygen atoms in total. The first kappa shape index (κ1) is 11.0. The van der Waals surface area contributed by atoms with Crippen LogP contribution in [0.1, 0.15) is 10.4 Å². The van der Waals surface area contributed by atoms with Crippen LogP contribution < -0.4 is 0 Å². The molecule has 76 valence electrons. The summed E-state index contributed by atoms with van der Waals surface area (Å²) in [6.07, 6.45) is 0. The quantitative estimate of drug-likeness (QED) is 0.593. The van der Waals surface area contributed by atoms with E-state index in [1.54, 1.807) is 6.07 Å². The van der Waals surface area contributed by atoms with Gasteiger partial charge in [0.05, 0.1) is 0 Å². The number of hydrogen-bond donors (Lipinski definition) is 2. The third-order valence-electron chi connectivity index (χ3n) is 1.57. The molecular weight excluding hydrogens is 210 g/mol. The molecule has 6 heteroatoms. The van der Waals surface area contributed by atoms with Gasteiger partial charge in [0.1, 0.15) is 0 Å². The van der Waals surface area contributed by atoms with Crippen LogP contribution in [-0.4, -0.2) is 21.5 Å². The zero-order valence-corrected chi connectivity index (χ0v) is 7.89. The molecule has 0 aliphatic rings. The van der Waals surface area contributed by atoms with Gasteiger partial charge in [0, 0.05) is 5.56 Å². The molecule has 1 aromatic rings. The van der Waals surface area contributed by atoms with Crippen LogP contribution in [0.5, 0.6) is 0 Å². The number of rotatable bonds is 3. The van der Waals surface area contributed by atoms with Gasteiger partial charge in [0.25, 0.3) is 5.91 Å². The largest absolute Gasteiger partial charge is 0.367 e. The molecule has 0 spiro atoms. The molecule has 1 aromatic carbocycles. The van der Waals surface area contributed by atoms with Crippen LogP contribution in [-0.2, 0) is 4.57 Å². The highest BCUT2D eigenvalue weighted by molar-refractivity contribution is 7.53. The smallest absolute Gasteiger partial charge is 0.322 e. The molecule has 0 heterocycles. The summed E-state index contributed by atoms with van der Waals surface area (Å²) in [5.41, 5.74) is -0.0525. The number of alkyl halides is 1. The van der Waals surface area contributed by atoms with Crippen LogP contribution in [0.2, 0.25) is 0 Å². The lowest BCUT2D eigenvalue weighted by Gasteiger charge is -2.08. The number of Topliss-reactive ketones (excluding diaryl/α,β-unsaturated/α-hetero) is 1. The van der Waals surface area contributed by atoms with E-state index in [0.29, 0.717) is 0 Å². The first-order valence-electron chi connectivity index (χ1n) is 3.71. The molecule has 0 bridgehead atoms. The molecule has 2 N–H and O–H groups in total. The Morgan fingerprint density at radius 3 is 2.21 bits per heavy atom. The van der Waals surface area contributed by atoms with Crippen molar-refractivity contribution in [3.05, 3.63) is 35.9 Å². The summed E-state index contributed by atoms with van der Waals surface area (Å²) in [7, 11) is -4.99. The molecule has 0 aromatic heterocycles. The van der Waals surface area contributed by atoms with E-state index in [2.05, 4.69) is 0 Å². The van der Waals surface area contributed by atoms with Gasteiger partial charge in [-0.2, -0.15) is 0 Å². The minimum absolute atomic E-state index is 0.0525. The maximum Gasteiger partial charge on any atom is 0.367 e. The highest BCUT2D eigenvalue weighted by atomic mass is 31.2. The van der Waals surface area contributed by atoms with Crippen molar-refractivity contribution >= 4 is 13.4 Å². The van der Waals surface area contributed by atoms with E-state index in [1.807, 2.05) is 0 Å². The van der Waals surface area contributed by atoms with Crippen molar-refractivity contribution in [1.82, 2.24) is 0 Å². The number of hydrogen-bond acceptors (Lipinski definition) is 2. The molecular formula is C8H8FO4P. The Balaban J connectivity index is 2.93. The van der Waals surface area contributed by atoms with Crippen LogP contribution in [0.4, 0.5) is 4.39 Å². The maximum atomic E-state index is 12.9. The average molecular weight is 218 g/mol. The van der Waals surface area contributed by atoms with Crippen molar-refractivity contribution in [1.29, 1.82) is 0 Å². The van der Waals surface area contributed by atoms with Gasteiger partial charge in [-0.15, -0.1) is 0 Å². The fourth-order valence-electron chi connectivity index (χ4n) is 0.893. The lowest BCUT2D eigenvalue weighted by Crippen LogP contribution is -2.15. The lowest BCUT2D eigenvalue weighted by molar-refractivity contribution is 0.0916. The number of ketones is 1. The maximum absolute atomic E-state index is 12.9. The van der Waals surface area contributed by atoms with Crippen molar-refractivity contribution in [3.63, 3.8) is 0 Å². The van der Waals surface area contributed by atoms with Crippen molar-refractivity contribution < 1.29 is 23.5 Å². The van der Waals surface area contributed by atoms with Crippen molar-refractivity contribution in [2.75, 3.05) is 0 Å². The molecule has 1 atom stereocenters. The molecule has 0 saturated carbocycles. The monoisotopic (exact) mass is 218 g/mol.